The average Bonchev–Trinajstić information content (AvgIpc) is 3.10. The first kappa shape index (κ1) is 20.9. The highest BCUT2D eigenvalue weighted by atomic mass is 35.5. The van der Waals surface area contributed by atoms with Gasteiger partial charge in [0.05, 0.1) is 0 Å². The van der Waals surface area contributed by atoms with Crippen LogP contribution in [-0.2, 0) is 10.5 Å². The summed E-state index contributed by atoms with van der Waals surface area (Å²) in [6, 6.07) is 14.5. The zero-order valence-corrected chi connectivity index (χ0v) is 18.3. The van der Waals surface area contributed by atoms with Crippen LogP contribution in [-0.4, -0.2) is 21.7 Å². The number of carbonyl (C=O) groups excluding carboxylic acids is 1. The average molecular weight is 454 g/mol. The molecule has 0 atom stereocenters. The molecule has 5 nitrogen and oxygen atoms in total. The van der Waals surface area contributed by atoms with E-state index in [0.29, 0.717) is 20.9 Å². The van der Waals surface area contributed by atoms with Crippen molar-refractivity contribution in [2.75, 3.05) is 5.32 Å². The number of ether oxygens (including phenoxy) is 1. The first-order valence-electron chi connectivity index (χ1n) is 8.28. The van der Waals surface area contributed by atoms with E-state index in [4.69, 9.17) is 27.9 Å². The lowest BCUT2D eigenvalue weighted by atomic mass is 10.1. The van der Waals surface area contributed by atoms with Gasteiger partial charge < -0.3 is 4.74 Å². The molecule has 2 aromatic carbocycles. The van der Waals surface area contributed by atoms with Crippen molar-refractivity contribution < 1.29 is 9.53 Å². The largest absolute Gasteiger partial charge is 0.478 e. The zero-order chi connectivity index (χ0) is 20.1. The van der Waals surface area contributed by atoms with E-state index >= 15 is 0 Å². The molecule has 3 rings (SSSR count). The van der Waals surface area contributed by atoms with E-state index in [9.17, 15) is 4.79 Å². The summed E-state index contributed by atoms with van der Waals surface area (Å²) in [6.07, 6.45) is 0. The number of hydrogen-bond acceptors (Lipinski definition) is 6. The molecule has 0 unspecified atom stereocenters. The van der Waals surface area contributed by atoms with Gasteiger partial charge in [-0.25, -0.2) is 0 Å². The monoisotopic (exact) mass is 453 g/mol. The van der Waals surface area contributed by atoms with Crippen molar-refractivity contribution >= 4 is 57.3 Å². The Kier molecular flexibility index (Phi) is 6.82. The molecular weight excluding hydrogens is 437 g/mol. The molecule has 0 saturated heterocycles. The number of carbonyl (C=O) groups is 1. The SMILES string of the molecule is CC(C)(Oc1ccc(Cl)cc1)C(=O)Nc1nnc(SCc2ccc(Cl)cc2)s1. The number of hydrogen-bond donors (Lipinski definition) is 1. The molecule has 0 aliphatic rings. The van der Waals surface area contributed by atoms with E-state index < -0.39 is 5.60 Å². The van der Waals surface area contributed by atoms with Gasteiger partial charge >= 0.3 is 0 Å². The molecule has 0 aliphatic carbocycles. The predicted octanol–water partition coefficient (Wildman–Crippen LogP) is 5.93. The van der Waals surface area contributed by atoms with Crippen LogP contribution in [0.1, 0.15) is 19.4 Å². The highest BCUT2D eigenvalue weighted by Crippen LogP contribution is 2.29. The van der Waals surface area contributed by atoms with Crippen LogP contribution in [0.2, 0.25) is 10.0 Å². The van der Waals surface area contributed by atoms with Gasteiger partial charge in [-0.3, -0.25) is 10.1 Å². The third kappa shape index (κ3) is 5.85. The second-order valence-electron chi connectivity index (χ2n) is 6.31. The predicted molar refractivity (Wildman–Crippen MR) is 116 cm³/mol. The van der Waals surface area contributed by atoms with E-state index in [0.717, 1.165) is 15.7 Å². The number of aromatic nitrogens is 2. The van der Waals surface area contributed by atoms with Crippen LogP contribution in [0.4, 0.5) is 5.13 Å². The first-order valence-corrected chi connectivity index (χ1v) is 10.8. The van der Waals surface area contributed by atoms with Crippen molar-refractivity contribution in [2.45, 2.75) is 29.5 Å². The van der Waals surface area contributed by atoms with Crippen LogP contribution >= 0.6 is 46.3 Å². The normalized spacial score (nSPS) is 11.3. The molecule has 1 amide bonds. The van der Waals surface area contributed by atoms with Gasteiger partial charge in [-0.05, 0) is 55.8 Å². The molecule has 1 aromatic heterocycles. The Morgan fingerprint density at radius 2 is 1.68 bits per heavy atom. The summed E-state index contributed by atoms with van der Waals surface area (Å²) < 4.78 is 6.55. The number of thioether (sulfide) groups is 1. The third-order valence-electron chi connectivity index (χ3n) is 3.64. The molecule has 1 heterocycles. The van der Waals surface area contributed by atoms with Gasteiger partial charge in [0.25, 0.3) is 5.91 Å². The summed E-state index contributed by atoms with van der Waals surface area (Å²) in [7, 11) is 0. The first-order chi connectivity index (χ1) is 13.3. The van der Waals surface area contributed by atoms with E-state index in [1.807, 2.05) is 24.3 Å². The number of rotatable bonds is 7. The quantitative estimate of drug-likeness (QED) is 0.354. The highest BCUT2D eigenvalue weighted by molar-refractivity contribution is 8.00. The summed E-state index contributed by atoms with van der Waals surface area (Å²) in [4.78, 5) is 12.6. The fraction of sp³-hybridized carbons (Fsp3) is 0.211. The molecule has 0 spiro atoms. The smallest absolute Gasteiger partial charge is 0.269 e. The summed E-state index contributed by atoms with van der Waals surface area (Å²) in [5.74, 6) is 0.985. The lowest BCUT2D eigenvalue weighted by Gasteiger charge is -2.24. The molecule has 0 bridgehead atoms. The molecule has 9 heteroatoms. The number of anilines is 1. The molecule has 3 aromatic rings. The maximum atomic E-state index is 12.6. The topological polar surface area (TPSA) is 64.1 Å². The Bertz CT molecular complexity index is 945. The minimum atomic E-state index is -1.09. The van der Waals surface area contributed by atoms with Crippen molar-refractivity contribution in [3.05, 3.63) is 64.1 Å². The molecule has 0 radical (unpaired) electrons. The minimum Gasteiger partial charge on any atom is -0.478 e. The lowest BCUT2D eigenvalue weighted by Crippen LogP contribution is -2.42. The van der Waals surface area contributed by atoms with E-state index in [2.05, 4.69) is 15.5 Å². The van der Waals surface area contributed by atoms with E-state index in [1.54, 1.807) is 49.9 Å². The maximum Gasteiger partial charge on any atom is 0.269 e. The Labute approximate surface area is 181 Å². The number of amides is 1. The standard InChI is InChI=1S/C19H17Cl2N3O2S2/c1-19(2,26-15-9-7-14(21)8-10-15)16(25)22-17-23-24-18(28-17)27-11-12-3-5-13(20)6-4-12/h3-10H,11H2,1-2H3,(H,22,23,25). The summed E-state index contributed by atoms with van der Waals surface area (Å²) in [5, 5.41) is 12.7. The number of halogens is 2. The maximum absolute atomic E-state index is 12.6. The van der Waals surface area contributed by atoms with Gasteiger partial charge in [0, 0.05) is 15.8 Å². The van der Waals surface area contributed by atoms with Gasteiger partial charge in [-0.2, -0.15) is 0 Å². The van der Waals surface area contributed by atoms with E-state index in [-0.39, 0.29) is 5.91 Å². The van der Waals surface area contributed by atoms with E-state index in [1.165, 1.54) is 11.3 Å². The Morgan fingerprint density at radius 1 is 1.07 bits per heavy atom. The third-order valence-corrected chi connectivity index (χ3v) is 6.18. The van der Waals surface area contributed by atoms with Crippen LogP contribution in [0.15, 0.2) is 52.9 Å². The molecule has 0 aliphatic heterocycles. The zero-order valence-electron chi connectivity index (χ0n) is 15.1. The number of nitrogens with zero attached hydrogens (tertiary/aromatic N) is 2. The summed E-state index contributed by atoms with van der Waals surface area (Å²) in [5.41, 5.74) is 0.0449. The second kappa shape index (κ2) is 9.13. The number of benzene rings is 2. The van der Waals surface area contributed by atoms with Crippen molar-refractivity contribution in [2.24, 2.45) is 0 Å². The van der Waals surface area contributed by atoms with Crippen molar-refractivity contribution in [1.29, 1.82) is 0 Å². The molecule has 1 N–H and O–H groups in total. The molecule has 146 valence electrons. The van der Waals surface area contributed by atoms with Crippen LogP contribution < -0.4 is 10.1 Å². The van der Waals surface area contributed by atoms with Crippen LogP contribution in [0.25, 0.3) is 0 Å². The van der Waals surface area contributed by atoms with Crippen molar-refractivity contribution in [1.82, 2.24) is 10.2 Å². The van der Waals surface area contributed by atoms with Crippen LogP contribution in [0, 0.1) is 0 Å². The molecular formula is C19H17Cl2N3O2S2. The van der Waals surface area contributed by atoms with Gasteiger partial charge in [-0.15, -0.1) is 10.2 Å². The van der Waals surface area contributed by atoms with Gasteiger partial charge in [0.1, 0.15) is 5.75 Å². The van der Waals surface area contributed by atoms with Crippen LogP contribution in [0.3, 0.4) is 0 Å². The fourth-order valence-electron chi connectivity index (χ4n) is 2.14. The Morgan fingerprint density at radius 3 is 2.32 bits per heavy atom. The fourth-order valence-corrected chi connectivity index (χ4v) is 4.09. The summed E-state index contributed by atoms with van der Waals surface area (Å²) in [6.45, 7) is 3.38. The van der Waals surface area contributed by atoms with Crippen molar-refractivity contribution in [3.8, 4) is 5.75 Å². The van der Waals surface area contributed by atoms with Gasteiger partial charge in [0.15, 0.2) is 9.94 Å². The minimum absolute atomic E-state index is 0.312. The van der Waals surface area contributed by atoms with Gasteiger partial charge in [0.2, 0.25) is 5.13 Å². The number of nitrogens with one attached hydrogen (secondary N) is 1. The Balaban J connectivity index is 1.56. The highest BCUT2D eigenvalue weighted by Gasteiger charge is 2.31. The second-order valence-corrected chi connectivity index (χ2v) is 9.38. The lowest BCUT2D eigenvalue weighted by molar-refractivity contribution is -0.128. The Hall–Kier alpha value is -1.80. The summed E-state index contributed by atoms with van der Waals surface area (Å²) >= 11 is 14.6. The molecule has 28 heavy (non-hydrogen) atoms. The molecule has 0 fully saturated rings. The van der Waals surface area contributed by atoms with Gasteiger partial charge in [-0.1, -0.05) is 58.4 Å². The van der Waals surface area contributed by atoms with Crippen LogP contribution in [0.5, 0.6) is 5.75 Å². The molecule has 0 saturated carbocycles. The van der Waals surface area contributed by atoms with Crippen molar-refractivity contribution in [3.63, 3.8) is 0 Å².